The predicted octanol–water partition coefficient (Wildman–Crippen LogP) is -1.15. The van der Waals surface area contributed by atoms with Crippen molar-refractivity contribution in [2.75, 3.05) is 13.1 Å². The second kappa shape index (κ2) is 5.63. The summed E-state index contributed by atoms with van der Waals surface area (Å²) in [4.78, 5) is 26.9. The van der Waals surface area contributed by atoms with Crippen molar-refractivity contribution < 1.29 is 9.59 Å². The zero-order chi connectivity index (χ0) is 13.0. The molecular formula is C11H17N5O2. The number of amides is 2. The van der Waals surface area contributed by atoms with Gasteiger partial charge in [0.25, 0.3) is 5.91 Å². The Morgan fingerprint density at radius 1 is 1.67 bits per heavy atom. The monoisotopic (exact) mass is 251 g/mol. The van der Waals surface area contributed by atoms with Crippen molar-refractivity contribution in [1.82, 2.24) is 20.2 Å². The fraction of sp³-hybridized carbons (Fsp3) is 0.545. The number of carbonyl (C=O) groups excluding carboxylic acids is 2. The maximum Gasteiger partial charge on any atom is 0.271 e. The van der Waals surface area contributed by atoms with Crippen LogP contribution in [0.3, 0.4) is 0 Å². The minimum atomic E-state index is -0.216. The third kappa shape index (κ3) is 3.07. The Morgan fingerprint density at radius 3 is 3.17 bits per heavy atom. The third-order valence-electron chi connectivity index (χ3n) is 2.85. The first-order valence-corrected chi connectivity index (χ1v) is 5.98. The molecule has 0 spiro atoms. The molecule has 0 saturated carbocycles. The summed E-state index contributed by atoms with van der Waals surface area (Å²) in [5.41, 5.74) is 5.79. The van der Waals surface area contributed by atoms with E-state index in [0.29, 0.717) is 38.2 Å². The quantitative estimate of drug-likeness (QED) is 0.629. The summed E-state index contributed by atoms with van der Waals surface area (Å²) in [6.45, 7) is 1.62. The van der Waals surface area contributed by atoms with E-state index in [2.05, 4.69) is 15.6 Å². The van der Waals surface area contributed by atoms with Crippen LogP contribution in [0.4, 0.5) is 0 Å². The van der Waals surface area contributed by atoms with Crippen LogP contribution in [-0.4, -0.2) is 40.5 Å². The number of aromatic nitrogens is 2. The second-order valence-corrected chi connectivity index (χ2v) is 4.30. The predicted molar refractivity (Wildman–Crippen MR) is 64.8 cm³/mol. The van der Waals surface area contributed by atoms with Crippen molar-refractivity contribution in [3.8, 4) is 0 Å². The Hall–Kier alpha value is -1.89. The molecule has 0 aromatic carbocycles. The van der Waals surface area contributed by atoms with Gasteiger partial charge in [0.05, 0.1) is 6.33 Å². The van der Waals surface area contributed by atoms with Gasteiger partial charge in [0.1, 0.15) is 5.69 Å². The highest BCUT2D eigenvalue weighted by Gasteiger charge is 2.20. The lowest BCUT2D eigenvalue weighted by Crippen LogP contribution is -2.47. The van der Waals surface area contributed by atoms with Crippen molar-refractivity contribution in [2.24, 2.45) is 5.73 Å². The fourth-order valence-corrected chi connectivity index (χ4v) is 1.86. The van der Waals surface area contributed by atoms with Gasteiger partial charge in [-0.3, -0.25) is 9.59 Å². The topological polar surface area (TPSA) is 102 Å². The van der Waals surface area contributed by atoms with Crippen LogP contribution in [0.25, 0.3) is 0 Å². The molecule has 2 amide bonds. The molecule has 1 atom stereocenters. The van der Waals surface area contributed by atoms with Gasteiger partial charge in [-0.15, -0.1) is 0 Å². The number of hydrogen-bond acceptors (Lipinski definition) is 4. The summed E-state index contributed by atoms with van der Waals surface area (Å²) in [5, 5.41) is 5.57. The number of nitrogens with zero attached hydrogens (tertiary/aromatic N) is 2. The maximum absolute atomic E-state index is 11.9. The Morgan fingerprint density at radius 2 is 2.50 bits per heavy atom. The van der Waals surface area contributed by atoms with E-state index >= 15 is 0 Å². The third-order valence-corrected chi connectivity index (χ3v) is 2.85. The van der Waals surface area contributed by atoms with Gasteiger partial charge in [0, 0.05) is 38.3 Å². The molecule has 2 heterocycles. The number of hydrogen-bond donors (Lipinski definition) is 3. The summed E-state index contributed by atoms with van der Waals surface area (Å²) in [7, 11) is 0. The van der Waals surface area contributed by atoms with Gasteiger partial charge in [0.2, 0.25) is 5.91 Å². The van der Waals surface area contributed by atoms with Gasteiger partial charge in [-0.05, 0) is 6.42 Å². The van der Waals surface area contributed by atoms with E-state index in [9.17, 15) is 9.59 Å². The first-order valence-electron chi connectivity index (χ1n) is 5.98. The van der Waals surface area contributed by atoms with Crippen LogP contribution in [0, 0.1) is 0 Å². The highest BCUT2D eigenvalue weighted by atomic mass is 16.2. The normalized spacial score (nSPS) is 19.4. The Kier molecular flexibility index (Phi) is 3.93. The summed E-state index contributed by atoms with van der Waals surface area (Å²) in [6, 6.07) is -0.0186. The van der Waals surface area contributed by atoms with Crippen molar-refractivity contribution >= 4 is 11.8 Å². The van der Waals surface area contributed by atoms with Gasteiger partial charge < -0.3 is 20.9 Å². The SMILES string of the molecule is NCCn1cnc(C(=O)NC2CCC(=O)NC2)c1. The molecule has 1 saturated heterocycles. The minimum absolute atomic E-state index is 0.0186. The molecule has 0 radical (unpaired) electrons. The molecule has 1 aliphatic heterocycles. The maximum atomic E-state index is 11.9. The first-order chi connectivity index (χ1) is 8.69. The molecule has 1 fully saturated rings. The smallest absolute Gasteiger partial charge is 0.271 e. The van der Waals surface area contributed by atoms with Crippen molar-refractivity contribution in [3.63, 3.8) is 0 Å². The Balaban J connectivity index is 1.88. The summed E-state index contributed by atoms with van der Waals surface area (Å²) in [5.74, 6) is -0.181. The van der Waals surface area contributed by atoms with E-state index in [0.717, 1.165) is 0 Å². The lowest BCUT2D eigenvalue weighted by Gasteiger charge is -2.22. The van der Waals surface area contributed by atoms with Crippen LogP contribution in [0.2, 0.25) is 0 Å². The number of nitrogens with two attached hydrogens (primary N) is 1. The molecule has 18 heavy (non-hydrogen) atoms. The van der Waals surface area contributed by atoms with Crippen molar-refractivity contribution in [3.05, 3.63) is 18.2 Å². The van der Waals surface area contributed by atoms with Gasteiger partial charge >= 0.3 is 0 Å². The highest BCUT2D eigenvalue weighted by molar-refractivity contribution is 5.92. The lowest BCUT2D eigenvalue weighted by molar-refractivity contribution is -0.122. The van der Waals surface area contributed by atoms with E-state index < -0.39 is 0 Å². The summed E-state index contributed by atoms with van der Waals surface area (Å²) in [6.07, 6.45) is 4.38. The summed E-state index contributed by atoms with van der Waals surface area (Å²) < 4.78 is 1.78. The van der Waals surface area contributed by atoms with Crippen LogP contribution in [0.15, 0.2) is 12.5 Å². The largest absolute Gasteiger partial charge is 0.354 e. The van der Waals surface area contributed by atoms with E-state index in [1.807, 2.05) is 0 Å². The Bertz CT molecular complexity index is 432. The molecule has 2 rings (SSSR count). The average molecular weight is 251 g/mol. The van der Waals surface area contributed by atoms with E-state index in [1.54, 1.807) is 17.1 Å². The van der Waals surface area contributed by atoms with Crippen molar-refractivity contribution in [2.45, 2.75) is 25.4 Å². The van der Waals surface area contributed by atoms with Crippen LogP contribution in [0.5, 0.6) is 0 Å². The molecule has 1 aromatic rings. The van der Waals surface area contributed by atoms with Crippen LogP contribution < -0.4 is 16.4 Å². The van der Waals surface area contributed by atoms with E-state index in [-0.39, 0.29) is 17.9 Å². The molecule has 1 unspecified atom stereocenters. The number of rotatable bonds is 4. The number of nitrogens with one attached hydrogen (secondary N) is 2. The van der Waals surface area contributed by atoms with Gasteiger partial charge in [0.15, 0.2) is 0 Å². The number of imidazole rings is 1. The van der Waals surface area contributed by atoms with E-state index in [4.69, 9.17) is 5.73 Å². The zero-order valence-electron chi connectivity index (χ0n) is 10.1. The second-order valence-electron chi connectivity index (χ2n) is 4.30. The standard InChI is InChI=1S/C11H17N5O2/c12-3-4-16-6-9(14-7-16)11(18)15-8-1-2-10(17)13-5-8/h6-8H,1-5,12H2,(H,13,17)(H,15,18). The molecule has 1 aromatic heterocycles. The van der Waals surface area contributed by atoms with Gasteiger partial charge in [-0.25, -0.2) is 4.98 Å². The Labute approximate surface area is 105 Å². The minimum Gasteiger partial charge on any atom is -0.354 e. The molecule has 7 heteroatoms. The fourth-order valence-electron chi connectivity index (χ4n) is 1.86. The van der Waals surface area contributed by atoms with Crippen LogP contribution in [0.1, 0.15) is 23.3 Å². The van der Waals surface area contributed by atoms with Crippen molar-refractivity contribution in [1.29, 1.82) is 0 Å². The molecule has 0 aliphatic carbocycles. The first kappa shape index (κ1) is 12.6. The number of carbonyl (C=O) groups is 2. The van der Waals surface area contributed by atoms with Gasteiger partial charge in [-0.1, -0.05) is 0 Å². The lowest BCUT2D eigenvalue weighted by atomic mass is 10.1. The molecule has 98 valence electrons. The molecule has 0 bridgehead atoms. The average Bonchev–Trinajstić information content (AvgIpc) is 2.81. The zero-order valence-corrected chi connectivity index (χ0v) is 10.1. The molecule has 1 aliphatic rings. The van der Waals surface area contributed by atoms with E-state index in [1.165, 1.54) is 0 Å². The number of piperidine rings is 1. The summed E-state index contributed by atoms with van der Waals surface area (Å²) >= 11 is 0. The highest BCUT2D eigenvalue weighted by Crippen LogP contribution is 2.04. The van der Waals surface area contributed by atoms with Crippen LogP contribution >= 0.6 is 0 Å². The molecule has 4 N–H and O–H groups in total. The molecule has 7 nitrogen and oxygen atoms in total. The van der Waals surface area contributed by atoms with Gasteiger partial charge in [-0.2, -0.15) is 0 Å². The van der Waals surface area contributed by atoms with Crippen LogP contribution in [-0.2, 0) is 11.3 Å². The molecular weight excluding hydrogens is 234 g/mol.